The molecule has 2 atom stereocenters. The normalized spacial score (nSPS) is 40.1. The predicted molar refractivity (Wildman–Crippen MR) is 58.7 cm³/mol. The molecule has 2 unspecified atom stereocenters. The van der Waals surface area contributed by atoms with E-state index >= 15 is 0 Å². The van der Waals surface area contributed by atoms with Gasteiger partial charge in [0.25, 0.3) is 0 Å². The predicted octanol–water partition coefficient (Wildman–Crippen LogP) is -0.0481. The summed E-state index contributed by atoms with van der Waals surface area (Å²) in [6, 6.07) is 0.295. The summed E-state index contributed by atoms with van der Waals surface area (Å²) in [5, 5.41) is 3.07. The zero-order valence-corrected chi connectivity index (χ0v) is 9.19. The number of carbonyl (C=O) groups excluding carboxylic acids is 2. The molecule has 0 aromatic carbocycles. The van der Waals surface area contributed by atoms with Gasteiger partial charge >= 0.3 is 0 Å². The van der Waals surface area contributed by atoms with E-state index in [2.05, 4.69) is 10.2 Å². The summed E-state index contributed by atoms with van der Waals surface area (Å²) in [6.45, 7) is 3.34. The van der Waals surface area contributed by atoms with Crippen molar-refractivity contribution in [2.24, 2.45) is 11.8 Å². The monoisotopic (exact) mass is 220 g/mol. The molecule has 1 amide bonds. The molecule has 3 fully saturated rings. The van der Waals surface area contributed by atoms with Crippen LogP contribution in [0, 0.1) is 11.8 Å². The van der Waals surface area contributed by atoms with Crippen LogP contribution in [0.1, 0.15) is 12.8 Å². The molecule has 4 heteroatoms. The average Bonchev–Trinajstić information content (AvgIpc) is 3.10. The van der Waals surface area contributed by atoms with E-state index in [0.717, 1.165) is 12.8 Å². The largest absolute Gasteiger partial charge is 0.348 e. The molecule has 86 valence electrons. The maximum Gasteiger partial charge on any atom is 0.248 e. The number of nitrogens with zero attached hydrogens (tertiary/aromatic N) is 1. The number of aldehydes is 1. The summed E-state index contributed by atoms with van der Waals surface area (Å²) in [5.41, 5.74) is 0.659. The first kappa shape index (κ1) is 10.0. The Morgan fingerprint density at radius 1 is 1.44 bits per heavy atom. The second-order valence-corrected chi connectivity index (χ2v) is 5.00. The van der Waals surface area contributed by atoms with Crippen LogP contribution in [0.3, 0.4) is 0 Å². The van der Waals surface area contributed by atoms with E-state index in [1.165, 1.54) is 25.9 Å². The molecule has 0 aromatic rings. The summed E-state index contributed by atoms with van der Waals surface area (Å²) >= 11 is 0. The van der Waals surface area contributed by atoms with Crippen molar-refractivity contribution in [3.8, 4) is 0 Å². The number of nitrogens with one attached hydrogen (secondary N) is 1. The second kappa shape index (κ2) is 3.70. The molecular formula is C12H16N2O2. The van der Waals surface area contributed by atoms with Gasteiger partial charge in [0.2, 0.25) is 5.91 Å². The van der Waals surface area contributed by atoms with Crippen molar-refractivity contribution < 1.29 is 9.59 Å². The van der Waals surface area contributed by atoms with Crippen LogP contribution in [0.25, 0.3) is 0 Å². The molecule has 2 bridgehead atoms. The number of piperidine rings is 3. The third-order valence-electron chi connectivity index (χ3n) is 3.99. The Bertz CT molecular complexity index is 356. The molecule has 1 aliphatic carbocycles. The van der Waals surface area contributed by atoms with Gasteiger partial charge in [0.1, 0.15) is 6.29 Å². The van der Waals surface area contributed by atoms with Crippen LogP contribution in [0.15, 0.2) is 11.6 Å². The van der Waals surface area contributed by atoms with E-state index in [-0.39, 0.29) is 11.8 Å². The number of amides is 1. The van der Waals surface area contributed by atoms with Crippen LogP contribution in [0.2, 0.25) is 0 Å². The van der Waals surface area contributed by atoms with Gasteiger partial charge < -0.3 is 15.0 Å². The third-order valence-corrected chi connectivity index (χ3v) is 3.99. The van der Waals surface area contributed by atoms with Gasteiger partial charge in [0, 0.05) is 18.2 Å². The van der Waals surface area contributed by atoms with Crippen LogP contribution >= 0.6 is 0 Å². The van der Waals surface area contributed by atoms with Gasteiger partial charge in [-0.25, -0.2) is 0 Å². The standard InChI is InChI=1S/C12H16N2O2/c15-7-9-5-10(9)12(16)13-11-6-14-3-1-8(11)2-4-14/h5,7-9,11H,1-4,6H2,(H,13,16). The Morgan fingerprint density at radius 2 is 2.19 bits per heavy atom. The van der Waals surface area contributed by atoms with Crippen LogP contribution in [0.5, 0.6) is 0 Å². The van der Waals surface area contributed by atoms with Crippen molar-refractivity contribution in [3.63, 3.8) is 0 Å². The lowest BCUT2D eigenvalue weighted by Crippen LogP contribution is -2.57. The molecule has 3 saturated heterocycles. The lowest BCUT2D eigenvalue weighted by molar-refractivity contribution is -0.120. The van der Waals surface area contributed by atoms with E-state index in [0.29, 0.717) is 17.5 Å². The zero-order valence-electron chi connectivity index (χ0n) is 9.19. The van der Waals surface area contributed by atoms with Gasteiger partial charge in [-0.1, -0.05) is 6.08 Å². The van der Waals surface area contributed by atoms with Crippen molar-refractivity contribution in [2.45, 2.75) is 18.9 Å². The molecule has 1 N–H and O–H groups in total. The first-order valence-electron chi connectivity index (χ1n) is 5.98. The number of allylic oxidation sites excluding steroid dienone is 1. The van der Waals surface area contributed by atoms with Gasteiger partial charge in [-0.15, -0.1) is 0 Å². The fourth-order valence-electron chi connectivity index (χ4n) is 2.87. The van der Waals surface area contributed by atoms with E-state index in [9.17, 15) is 9.59 Å². The Hall–Kier alpha value is -1.16. The number of carbonyl (C=O) groups is 2. The highest BCUT2D eigenvalue weighted by molar-refractivity contribution is 6.03. The number of rotatable bonds is 3. The number of hydrogen-bond donors (Lipinski definition) is 1. The Morgan fingerprint density at radius 3 is 2.69 bits per heavy atom. The summed E-state index contributed by atoms with van der Waals surface area (Å²) in [5.74, 6) is 0.403. The fourth-order valence-corrected chi connectivity index (χ4v) is 2.87. The van der Waals surface area contributed by atoms with Gasteiger partial charge in [0.05, 0.1) is 5.92 Å². The molecule has 0 spiro atoms. The first-order chi connectivity index (χ1) is 7.78. The van der Waals surface area contributed by atoms with Gasteiger partial charge in [0.15, 0.2) is 0 Å². The smallest absolute Gasteiger partial charge is 0.248 e. The molecule has 0 radical (unpaired) electrons. The molecular weight excluding hydrogens is 204 g/mol. The van der Waals surface area contributed by atoms with Crippen molar-refractivity contribution in [2.75, 3.05) is 19.6 Å². The van der Waals surface area contributed by atoms with Crippen LogP contribution < -0.4 is 5.32 Å². The summed E-state index contributed by atoms with van der Waals surface area (Å²) in [4.78, 5) is 24.6. The third kappa shape index (κ3) is 1.67. The SMILES string of the molecule is O=CC1C=C1C(=O)NC1CN2CCC1CC2. The minimum Gasteiger partial charge on any atom is -0.348 e. The molecule has 0 aromatic heterocycles. The molecule has 3 heterocycles. The topological polar surface area (TPSA) is 49.4 Å². The van der Waals surface area contributed by atoms with Crippen molar-refractivity contribution >= 4 is 12.2 Å². The summed E-state index contributed by atoms with van der Waals surface area (Å²) in [7, 11) is 0. The Kier molecular flexibility index (Phi) is 2.32. The molecule has 0 saturated carbocycles. The average molecular weight is 220 g/mol. The highest BCUT2D eigenvalue weighted by atomic mass is 16.2. The van der Waals surface area contributed by atoms with Crippen LogP contribution in [-0.4, -0.2) is 42.8 Å². The maximum atomic E-state index is 11.8. The molecule has 4 aliphatic rings. The zero-order chi connectivity index (χ0) is 11.1. The lowest BCUT2D eigenvalue weighted by atomic mass is 9.84. The Balaban J connectivity index is 1.57. The van der Waals surface area contributed by atoms with Crippen LogP contribution in [-0.2, 0) is 9.59 Å². The molecule has 4 rings (SSSR count). The quantitative estimate of drug-likeness (QED) is 0.679. The molecule has 4 nitrogen and oxygen atoms in total. The Labute approximate surface area is 94.7 Å². The van der Waals surface area contributed by atoms with E-state index in [1.54, 1.807) is 6.08 Å². The minimum absolute atomic E-state index is 0.0316. The maximum absolute atomic E-state index is 11.8. The first-order valence-corrected chi connectivity index (χ1v) is 5.98. The highest BCUT2D eigenvalue weighted by Gasteiger charge is 2.37. The minimum atomic E-state index is -0.207. The summed E-state index contributed by atoms with van der Waals surface area (Å²) < 4.78 is 0. The lowest BCUT2D eigenvalue weighted by Gasteiger charge is -2.44. The summed E-state index contributed by atoms with van der Waals surface area (Å²) in [6.07, 6.45) is 4.94. The van der Waals surface area contributed by atoms with Crippen molar-refractivity contribution in [1.29, 1.82) is 0 Å². The van der Waals surface area contributed by atoms with Crippen molar-refractivity contribution in [3.05, 3.63) is 11.6 Å². The van der Waals surface area contributed by atoms with Gasteiger partial charge in [-0.2, -0.15) is 0 Å². The van der Waals surface area contributed by atoms with E-state index in [4.69, 9.17) is 0 Å². The fraction of sp³-hybridized carbons (Fsp3) is 0.667. The van der Waals surface area contributed by atoms with Gasteiger partial charge in [-0.05, 0) is 31.8 Å². The van der Waals surface area contributed by atoms with E-state index in [1.807, 2.05) is 0 Å². The van der Waals surface area contributed by atoms with Gasteiger partial charge in [-0.3, -0.25) is 4.79 Å². The van der Waals surface area contributed by atoms with Crippen LogP contribution in [0.4, 0.5) is 0 Å². The molecule has 16 heavy (non-hydrogen) atoms. The van der Waals surface area contributed by atoms with E-state index < -0.39 is 0 Å². The molecule has 3 aliphatic heterocycles. The number of hydrogen-bond acceptors (Lipinski definition) is 3. The number of fused-ring (bicyclic) bond motifs is 3. The highest BCUT2D eigenvalue weighted by Crippen LogP contribution is 2.30. The van der Waals surface area contributed by atoms with Crippen molar-refractivity contribution in [1.82, 2.24) is 10.2 Å². The second-order valence-electron chi connectivity index (χ2n) is 5.00.